The van der Waals surface area contributed by atoms with Gasteiger partial charge in [-0.15, -0.1) is 0 Å². The van der Waals surface area contributed by atoms with Gasteiger partial charge in [0.05, 0.1) is 6.61 Å². The predicted octanol–water partition coefficient (Wildman–Crippen LogP) is 3.53. The summed E-state index contributed by atoms with van der Waals surface area (Å²) in [6.07, 6.45) is 7.46. The van der Waals surface area contributed by atoms with E-state index in [-0.39, 0.29) is 5.60 Å². The van der Waals surface area contributed by atoms with Crippen LogP contribution < -0.4 is 14.8 Å². The Hall–Kier alpha value is -1.22. The van der Waals surface area contributed by atoms with E-state index in [4.69, 9.17) is 9.47 Å². The van der Waals surface area contributed by atoms with Crippen LogP contribution in [-0.2, 0) is 0 Å². The van der Waals surface area contributed by atoms with Crippen LogP contribution >= 0.6 is 0 Å². The fraction of sp³-hybridized carbons (Fsp3) is 0.647. The zero-order valence-corrected chi connectivity index (χ0v) is 12.4. The van der Waals surface area contributed by atoms with E-state index in [2.05, 4.69) is 5.32 Å². The SMILES string of the molecule is CCOc1cccc(OC2(CCNC3CC3)CCC2)c1. The van der Waals surface area contributed by atoms with Crippen molar-refractivity contribution in [2.45, 2.75) is 57.1 Å². The van der Waals surface area contributed by atoms with Crippen LogP contribution in [0.15, 0.2) is 24.3 Å². The lowest BCUT2D eigenvalue weighted by molar-refractivity contribution is -0.0144. The van der Waals surface area contributed by atoms with Gasteiger partial charge in [0.15, 0.2) is 0 Å². The molecule has 2 aliphatic carbocycles. The van der Waals surface area contributed by atoms with E-state index in [1.54, 1.807) is 0 Å². The van der Waals surface area contributed by atoms with Gasteiger partial charge in [-0.05, 0) is 64.1 Å². The average molecular weight is 275 g/mol. The Kier molecular flexibility index (Phi) is 4.16. The molecule has 20 heavy (non-hydrogen) atoms. The highest BCUT2D eigenvalue weighted by molar-refractivity contribution is 5.33. The lowest BCUT2D eigenvalue weighted by Gasteiger charge is -2.42. The third-order valence-electron chi connectivity index (χ3n) is 4.31. The molecule has 2 saturated carbocycles. The summed E-state index contributed by atoms with van der Waals surface area (Å²) in [5.74, 6) is 1.85. The molecule has 0 aromatic heterocycles. The van der Waals surface area contributed by atoms with E-state index < -0.39 is 0 Å². The van der Waals surface area contributed by atoms with E-state index in [1.165, 1.54) is 32.1 Å². The number of hydrogen-bond donors (Lipinski definition) is 1. The van der Waals surface area contributed by atoms with E-state index >= 15 is 0 Å². The van der Waals surface area contributed by atoms with Crippen LogP contribution in [0, 0.1) is 0 Å². The first kappa shape index (κ1) is 13.7. The highest BCUT2D eigenvalue weighted by atomic mass is 16.5. The molecule has 2 fully saturated rings. The standard InChI is InChI=1S/C17H25NO2/c1-2-19-15-5-3-6-16(13-15)20-17(9-4-10-17)11-12-18-14-7-8-14/h3,5-6,13-14,18H,2,4,7-12H2,1H3. The van der Waals surface area contributed by atoms with E-state index in [0.717, 1.165) is 30.5 Å². The minimum atomic E-state index is 0.0622. The summed E-state index contributed by atoms with van der Waals surface area (Å²) in [4.78, 5) is 0. The Morgan fingerprint density at radius 1 is 1.25 bits per heavy atom. The van der Waals surface area contributed by atoms with Gasteiger partial charge in [0.2, 0.25) is 0 Å². The zero-order valence-electron chi connectivity index (χ0n) is 12.4. The van der Waals surface area contributed by atoms with Crippen molar-refractivity contribution in [2.24, 2.45) is 0 Å². The largest absolute Gasteiger partial charge is 0.494 e. The fourth-order valence-corrected chi connectivity index (χ4v) is 2.81. The molecule has 0 radical (unpaired) electrons. The third kappa shape index (κ3) is 3.45. The monoisotopic (exact) mass is 275 g/mol. The maximum absolute atomic E-state index is 6.31. The predicted molar refractivity (Wildman–Crippen MR) is 80.5 cm³/mol. The van der Waals surface area contributed by atoms with Crippen LogP contribution in [0.25, 0.3) is 0 Å². The Morgan fingerprint density at radius 3 is 2.70 bits per heavy atom. The second-order valence-electron chi connectivity index (χ2n) is 6.02. The van der Waals surface area contributed by atoms with Gasteiger partial charge in [0.25, 0.3) is 0 Å². The zero-order chi connectivity index (χ0) is 13.8. The quantitative estimate of drug-likeness (QED) is 0.787. The molecule has 1 aromatic carbocycles. The summed E-state index contributed by atoms with van der Waals surface area (Å²) in [6, 6.07) is 8.83. The minimum Gasteiger partial charge on any atom is -0.494 e. The molecule has 2 aliphatic rings. The lowest BCUT2D eigenvalue weighted by Crippen LogP contribution is -2.45. The van der Waals surface area contributed by atoms with Gasteiger partial charge >= 0.3 is 0 Å². The van der Waals surface area contributed by atoms with E-state index in [1.807, 2.05) is 31.2 Å². The summed E-state index contributed by atoms with van der Waals surface area (Å²) < 4.78 is 11.8. The molecule has 0 amide bonds. The molecule has 110 valence electrons. The second-order valence-corrected chi connectivity index (χ2v) is 6.02. The van der Waals surface area contributed by atoms with Crippen LogP contribution in [0.2, 0.25) is 0 Å². The van der Waals surface area contributed by atoms with Gasteiger partial charge in [-0.1, -0.05) is 6.07 Å². The molecule has 1 N–H and O–H groups in total. The summed E-state index contributed by atoms with van der Waals surface area (Å²) in [5, 5.41) is 3.59. The molecular formula is C17H25NO2. The summed E-state index contributed by atoms with van der Waals surface area (Å²) in [7, 11) is 0. The number of nitrogens with one attached hydrogen (secondary N) is 1. The minimum absolute atomic E-state index is 0.0622. The maximum atomic E-state index is 6.31. The molecule has 0 bridgehead atoms. The normalized spacial score (nSPS) is 20.2. The van der Waals surface area contributed by atoms with Crippen LogP contribution in [-0.4, -0.2) is 24.8 Å². The fourth-order valence-electron chi connectivity index (χ4n) is 2.81. The molecule has 0 unspecified atom stereocenters. The van der Waals surface area contributed by atoms with Crippen molar-refractivity contribution in [2.75, 3.05) is 13.2 Å². The van der Waals surface area contributed by atoms with Crippen LogP contribution in [0.4, 0.5) is 0 Å². The number of rotatable bonds is 8. The average Bonchev–Trinajstić information content (AvgIpc) is 3.21. The van der Waals surface area contributed by atoms with Gasteiger partial charge in [-0.25, -0.2) is 0 Å². The summed E-state index contributed by atoms with van der Waals surface area (Å²) >= 11 is 0. The van der Waals surface area contributed by atoms with E-state index in [9.17, 15) is 0 Å². The van der Waals surface area contributed by atoms with Crippen LogP contribution in [0.3, 0.4) is 0 Å². The summed E-state index contributed by atoms with van der Waals surface area (Å²) in [5.41, 5.74) is 0.0622. The smallest absolute Gasteiger partial charge is 0.123 e. The lowest BCUT2D eigenvalue weighted by atomic mass is 9.77. The van der Waals surface area contributed by atoms with Crippen molar-refractivity contribution >= 4 is 0 Å². The van der Waals surface area contributed by atoms with Crippen molar-refractivity contribution in [3.63, 3.8) is 0 Å². The van der Waals surface area contributed by atoms with Crippen LogP contribution in [0.1, 0.15) is 45.4 Å². The molecule has 0 saturated heterocycles. The number of hydrogen-bond acceptors (Lipinski definition) is 3. The number of benzene rings is 1. The van der Waals surface area contributed by atoms with Crippen molar-refractivity contribution < 1.29 is 9.47 Å². The van der Waals surface area contributed by atoms with Crippen molar-refractivity contribution in [1.82, 2.24) is 5.32 Å². The van der Waals surface area contributed by atoms with Crippen LogP contribution in [0.5, 0.6) is 11.5 Å². The Balaban J connectivity index is 1.56. The summed E-state index contributed by atoms with van der Waals surface area (Å²) in [6.45, 7) is 3.78. The molecule has 0 atom stereocenters. The Bertz CT molecular complexity index is 438. The highest BCUT2D eigenvalue weighted by Crippen LogP contribution is 2.40. The van der Waals surface area contributed by atoms with Crippen molar-refractivity contribution in [3.8, 4) is 11.5 Å². The molecular weight excluding hydrogens is 250 g/mol. The molecule has 3 rings (SSSR count). The molecule has 3 nitrogen and oxygen atoms in total. The first-order valence-electron chi connectivity index (χ1n) is 7.95. The topological polar surface area (TPSA) is 30.5 Å². The van der Waals surface area contributed by atoms with Crippen molar-refractivity contribution in [3.05, 3.63) is 24.3 Å². The van der Waals surface area contributed by atoms with E-state index in [0.29, 0.717) is 6.61 Å². The number of ether oxygens (including phenoxy) is 2. The molecule has 0 aliphatic heterocycles. The van der Waals surface area contributed by atoms with Gasteiger partial charge in [0, 0.05) is 12.1 Å². The van der Waals surface area contributed by atoms with Gasteiger partial charge in [-0.3, -0.25) is 0 Å². The molecule has 0 heterocycles. The second kappa shape index (κ2) is 6.04. The maximum Gasteiger partial charge on any atom is 0.123 e. The van der Waals surface area contributed by atoms with Crippen molar-refractivity contribution in [1.29, 1.82) is 0 Å². The molecule has 0 spiro atoms. The Labute approximate surface area is 121 Å². The van der Waals surface area contributed by atoms with Gasteiger partial charge in [-0.2, -0.15) is 0 Å². The first-order valence-corrected chi connectivity index (χ1v) is 7.95. The first-order chi connectivity index (χ1) is 9.80. The third-order valence-corrected chi connectivity index (χ3v) is 4.31. The Morgan fingerprint density at radius 2 is 2.05 bits per heavy atom. The highest BCUT2D eigenvalue weighted by Gasteiger charge is 2.39. The molecule has 3 heteroatoms. The van der Waals surface area contributed by atoms with Gasteiger partial charge in [0.1, 0.15) is 17.1 Å². The molecule has 1 aromatic rings. The van der Waals surface area contributed by atoms with Gasteiger partial charge < -0.3 is 14.8 Å².